The Morgan fingerprint density at radius 1 is 1.17 bits per heavy atom. The van der Waals surface area contributed by atoms with Crippen molar-refractivity contribution >= 4 is 11.7 Å². The third-order valence-electron chi connectivity index (χ3n) is 5.55. The molecule has 6 heteroatoms. The van der Waals surface area contributed by atoms with E-state index in [0.29, 0.717) is 23.9 Å². The summed E-state index contributed by atoms with van der Waals surface area (Å²) in [5.41, 5.74) is 3.59. The molecule has 1 aliphatic heterocycles. The molecule has 0 spiro atoms. The summed E-state index contributed by atoms with van der Waals surface area (Å²) in [5.74, 6) is 1.90. The Bertz CT molecular complexity index is 1010. The monoisotopic (exact) mass is 401 g/mol. The van der Waals surface area contributed by atoms with Gasteiger partial charge in [0.25, 0.3) is 5.91 Å². The number of hydrogen-bond acceptors (Lipinski definition) is 5. The average molecular weight is 402 g/mol. The number of amides is 1. The number of pyridine rings is 1. The van der Waals surface area contributed by atoms with E-state index in [1.54, 1.807) is 18.6 Å². The molecule has 0 saturated carbocycles. The number of nitrogens with zero attached hydrogens (tertiary/aromatic N) is 4. The number of nitrogens with one attached hydrogen (secondary N) is 1. The number of aromatic nitrogens is 3. The maximum atomic E-state index is 13.0. The number of carbonyl (C=O) groups is 1. The van der Waals surface area contributed by atoms with E-state index in [1.165, 1.54) is 0 Å². The lowest BCUT2D eigenvalue weighted by molar-refractivity contribution is 0.0950. The normalized spacial score (nSPS) is 14.5. The van der Waals surface area contributed by atoms with E-state index in [4.69, 9.17) is 4.98 Å². The van der Waals surface area contributed by atoms with Crippen LogP contribution < -0.4 is 10.2 Å². The Labute approximate surface area is 177 Å². The fourth-order valence-electron chi connectivity index (χ4n) is 3.70. The lowest BCUT2D eigenvalue weighted by atomic mass is 9.99. The number of piperidine rings is 1. The molecule has 2 aromatic heterocycles. The molecular formula is C24H27N5O. The molecule has 30 heavy (non-hydrogen) atoms. The molecule has 1 aliphatic rings. The van der Waals surface area contributed by atoms with Crippen molar-refractivity contribution < 1.29 is 4.79 Å². The smallest absolute Gasteiger partial charge is 0.256 e. The second kappa shape index (κ2) is 9.03. The second-order valence-electron chi connectivity index (χ2n) is 8.01. The van der Waals surface area contributed by atoms with Crippen LogP contribution in [0.3, 0.4) is 0 Å². The topological polar surface area (TPSA) is 71.0 Å². The van der Waals surface area contributed by atoms with Crippen LogP contribution in [0.5, 0.6) is 0 Å². The highest BCUT2D eigenvalue weighted by Crippen LogP contribution is 2.27. The Kier molecular flexibility index (Phi) is 6.02. The van der Waals surface area contributed by atoms with E-state index in [0.717, 1.165) is 48.4 Å². The standard InChI is InChI=1S/C24H27N5O/c1-17-8-11-29(12-9-17)23-21(24(30)27-15-19-6-4-10-25-14-19)16-26-22(28-23)20-7-3-5-18(2)13-20/h3-7,10,13-14,16-17H,8-9,11-12,15H2,1-2H3,(H,27,30). The second-order valence-corrected chi connectivity index (χ2v) is 8.01. The molecule has 0 atom stereocenters. The molecule has 1 amide bonds. The van der Waals surface area contributed by atoms with Gasteiger partial charge in [-0.15, -0.1) is 0 Å². The van der Waals surface area contributed by atoms with Crippen molar-refractivity contribution in [1.29, 1.82) is 0 Å². The average Bonchev–Trinajstić information content (AvgIpc) is 2.78. The maximum Gasteiger partial charge on any atom is 0.256 e. The Morgan fingerprint density at radius 2 is 2.00 bits per heavy atom. The first-order valence-corrected chi connectivity index (χ1v) is 10.5. The van der Waals surface area contributed by atoms with Crippen LogP contribution in [0.15, 0.2) is 55.0 Å². The van der Waals surface area contributed by atoms with Crippen LogP contribution in [0.25, 0.3) is 11.4 Å². The Hall–Kier alpha value is -3.28. The minimum Gasteiger partial charge on any atom is -0.356 e. The first-order valence-electron chi connectivity index (χ1n) is 10.5. The molecule has 4 rings (SSSR count). The van der Waals surface area contributed by atoms with Gasteiger partial charge in [0, 0.05) is 43.8 Å². The van der Waals surface area contributed by atoms with E-state index in [9.17, 15) is 4.79 Å². The zero-order valence-electron chi connectivity index (χ0n) is 17.5. The summed E-state index contributed by atoms with van der Waals surface area (Å²) < 4.78 is 0. The highest BCUT2D eigenvalue weighted by Gasteiger charge is 2.24. The molecule has 3 aromatic rings. The van der Waals surface area contributed by atoms with E-state index >= 15 is 0 Å². The number of aryl methyl sites for hydroxylation is 1. The van der Waals surface area contributed by atoms with Crippen LogP contribution >= 0.6 is 0 Å². The van der Waals surface area contributed by atoms with Gasteiger partial charge in [-0.25, -0.2) is 9.97 Å². The molecule has 154 valence electrons. The zero-order valence-corrected chi connectivity index (χ0v) is 17.5. The van der Waals surface area contributed by atoms with Gasteiger partial charge in [-0.2, -0.15) is 0 Å². The summed E-state index contributed by atoms with van der Waals surface area (Å²) in [4.78, 5) is 28.7. The van der Waals surface area contributed by atoms with Crippen molar-refractivity contribution in [3.8, 4) is 11.4 Å². The van der Waals surface area contributed by atoms with E-state index in [1.807, 2.05) is 24.3 Å². The van der Waals surface area contributed by atoms with Crippen molar-refractivity contribution in [1.82, 2.24) is 20.3 Å². The predicted octanol–water partition coefficient (Wildman–Crippen LogP) is 4.01. The van der Waals surface area contributed by atoms with Crippen molar-refractivity contribution in [3.63, 3.8) is 0 Å². The highest BCUT2D eigenvalue weighted by atomic mass is 16.1. The fraction of sp³-hybridized carbons (Fsp3) is 0.333. The first-order chi connectivity index (χ1) is 14.6. The molecular weight excluding hydrogens is 374 g/mol. The fourth-order valence-corrected chi connectivity index (χ4v) is 3.70. The number of carbonyl (C=O) groups excluding carboxylic acids is 1. The Balaban J connectivity index is 1.63. The molecule has 0 radical (unpaired) electrons. The SMILES string of the molecule is Cc1cccc(-c2ncc(C(=O)NCc3cccnc3)c(N3CCC(C)CC3)n2)c1. The third kappa shape index (κ3) is 4.64. The van der Waals surface area contributed by atoms with Crippen LogP contribution in [0.4, 0.5) is 5.82 Å². The van der Waals surface area contributed by atoms with Gasteiger partial charge < -0.3 is 10.2 Å². The van der Waals surface area contributed by atoms with Gasteiger partial charge in [0.15, 0.2) is 5.82 Å². The molecule has 1 N–H and O–H groups in total. The summed E-state index contributed by atoms with van der Waals surface area (Å²) in [6.07, 6.45) is 7.33. The summed E-state index contributed by atoms with van der Waals surface area (Å²) in [5, 5.41) is 2.99. The van der Waals surface area contributed by atoms with Gasteiger partial charge >= 0.3 is 0 Å². The number of rotatable bonds is 5. The molecule has 3 heterocycles. The Morgan fingerprint density at radius 3 is 2.73 bits per heavy atom. The van der Waals surface area contributed by atoms with Gasteiger partial charge in [0.05, 0.1) is 0 Å². The maximum absolute atomic E-state index is 13.0. The summed E-state index contributed by atoms with van der Waals surface area (Å²) in [6.45, 7) is 6.54. The van der Waals surface area contributed by atoms with Crippen molar-refractivity contribution in [3.05, 3.63) is 71.7 Å². The van der Waals surface area contributed by atoms with E-state index < -0.39 is 0 Å². The van der Waals surface area contributed by atoms with Gasteiger partial charge in [-0.3, -0.25) is 9.78 Å². The van der Waals surface area contributed by atoms with E-state index in [2.05, 4.69) is 46.2 Å². The lowest BCUT2D eigenvalue weighted by Crippen LogP contribution is -2.36. The van der Waals surface area contributed by atoms with Crippen molar-refractivity contribution in [2.45, 2.75) is 33.2 Å². The lowest BCUT2D eigenvalue weighted by Gasteiger charge is -2.32. The molecule has 1 aromatic carbocycles. The largest absolute Gasteiger partial charge is 0.356 e. The third-order valence-corrected chi connectivity index (χ3v) is 5.55. The molecule has 6 nitrogen and oxygen atoms in total. The molecule has 0 unspecified atom stereocenters. The minimum atomic E-state index is -0.164. The van der Waals surface area contributed by atoms with Crippen molar-refractivity contribution in [2.24, 2.45) is 5.92 Å². The minimum absolute atomic E-state index is 0.164. The van der Waals surface area contributed by atoms with Crippen LogP contribution in [0.1, 0.15) is 41.3 Å². The van der Waals surface area contributed by atoms with Crippen LogP contribution in [0, 0.1) is 12.8 Å². The predicted molar refractivity (Wildman–Crippen MR) is 118 cm³/mol. The van der Waals surface area contributed by atoms with Crippen LogP contribution in [-0.2, 0) is 6.54 Å². The zero-order chi connectivity index (χ0) is 20.9. The van der Waals surface area contributed by atoms with Gasteiger partial charge in [-0.1, -0.05) is 36.8 Å². The van der Waals surface area contributed by atoms with Crippen LogP contribution in [0.2, 0.25) is 0 Å². The molecule has 1 saturated heterocycles. The van der Waals surface area contributed by atoms with E-state index in [-0.39, 0.29) is 5.91 Å². The quantitative estimate of drug-likeness (QED) is 0.699. The van der Waals surface area contributed by atoms with Gasteiger partial charge in [-0.05, 0) is 43.4 Å². The number of anilines is 1. The molecule has 0 aliphatic carbocycles. The first kappa shape index (κ1) is 20.0. The van der Waals surface area contributed by atoms with Crippen molar-refractivity contribution in [2.75, 3.05) is 18.0 Å². The molecule has 1 fully saturated rings. The summed E-state index contributed by atoms with van der Waals surface area (Å²) >= 11 is 0. The number of hydrogen-bond donors (Lipinski definition) is 1. The van der Waals surface area contributed by atoms with Gasteiger partial charge in [0.1, 0.15) is 11.4 Å². The highest BCUT2D eigenvalue weighted by molar-refractivity contribution is 5.98. The number of benzene rings is 1. The molecule has 0 bridgehead atoms. The van der Waals surface area contributed by atoms with Crippen LogP contribution in [-0.4, -0.2) is 33.9 Å². The summed E-state index contributed by atoms with van der Waals surface area (Å²) in [7, 11) is 0. The van der Waals surface area contributed by atoms with Gasteiger partial charge in [0.2, 0.25) is 0 Å². The summed E-state index contributed by atoms with van der Waals surface area (Å²) in [6, 6.07) is 11.9.